The minimum absolute atomic E-state index is 0.145. The smallest absolute Gasteiger partial charge is 0.147 e. The first-order chi connectivity index (χ1) is 8.25. The molecule has 5 nitrogen and oxygen atoms in total. The minimum atomic E-state index is 0.145. The Morgan fingerprint density at radius 1 is 1.41 bits per heavy atom. The molecule has 0 radical (unpaired) electrons. The first-order valence-corrected chi connectivity index (χ1v) is 6.57. The average molecular weight is 237 g/mol. The molecule has 17 heavy (non-hydrogen) atoms. The van der Waals surface area contributed by atoms with Crippen LogP contribution in [0.15, 0.2) is 6.33 Å². The second kappa shape index (κ2) is 5.14. The summed E-state index contributed by atoms with van der Waals surface area (Å²) < 4.78 is 2.14. The zero-order valence-corrected chi connectivity index (χ0v) is 10.9. The Balaban J connectivity index is 2.16. The molecule has 2 rings (SSSR count). The summed E-state index contributed by atoms with van der Waals surface area (Å²) in [5.74, 6) is 1.07. The summed E-state index contributed by atoms with van der Waals surface area (Å²) in [4.78, 5) is 2.50. The van der Waals surface area contributed by atoms with Gasteiger partial charge in [0.05, 0.1) is 6.54 Å². The molecular weight excluding hydrogens is 214 g/mol. The van der Waals surface area contributed by atoms with E-state index in [0.29, 0.717) is 0 Å². The van der Waals surface area contributed by atoms with Gasteiger partial charge in [-0.05, 0) is 12.8 Å². The van der Waals surface area contributed by atoms with Crippen molar-refractivity contribution in [2.24, 2.45) is 5.73 Å². The van der Waals surface area contributed by atoms with Crippen LogP contribution < -0.4 is 5.73 Å². The van der Waals surface area contributed by atoms with Gasteiger partial charge in [0.2, 0.25) is 0 Å². The molecule has 1 atom stereocenters. The standard InChI is InChI=1S/C12H23N5/c1-3-5-12(4-2,9-13)17-7-6-16-10-14-15-11(16)8-17/h10H,3-9,13H2,1-2H3. The maximum absolute atomic E-state index is 6.05. The van der Waals surface area contributed by atoms with Gasteiger partial charge in [-0.25, -0.2) is 0 Å². The van der Waals surface area contributed by atoms with Crippen LogP contribution in [0.3, 0.4) is 0 Å². The summed E-state index contributed by atoms with van der Waals surface area (Å²) in [5, 5.41) is 8.15. The number of nitrogens with two attached hydrogens (primary N) is 1. The minimum Gasteiger partial charge on any atom is -0.329 e. The van der Waals surface area contributed by atoms with Crippen LogP contribution >= 0.6 is 0 Å². The molecule has 0 fully saturated rings. The Hall–Kier alpha value is -0.940. The van der Waals surface area contributed by atoms with Gasteiger partial charge in [-0.2, -0.15) is 0 Å². The maximum atomic E-state index is 6.05. The van der Waals surface area contributed by atoms with E-state index in [2.05, 4.69) is 33.5 Å². The molecule has 0 aliphatic carbocycles. The molecule has 1 aliphatic rings. The molecule has 0 saturated carbocycles. The van der Waals surface area contributed by atoms with Crippen LogP contribution in [0.4, 0.5) is 0 Å². The normalized spacial score (nSPS) is 19.9. The maximum Gasteiger partial charge on any atom is 0.147 e. The van der Waals surface area contributed by atoms with E-state index < -0.39 is 0 Å². The Morgan fingerprint density at radius 2 is 2.24 bits per heavy atom. The van der Waals surface area contributed by atoms with E-state index in [4.69, 9.17) is 5.73 Å². The lowest BCUT2D eigenvalue weighted by atomic mass is 9.88. The lowest BCUT2D eigenvalue weighted by Crippen LogP contribution is -2.55. The van der Waals surface area contributed by atoms with E-state index in [0.717, 1.165) is 44.8 Å². The van der Waals surface area contributed by atoms with Crippen LogP contribution in [0.5, 0.6) is 0 Å². The van der Waals surface area contributed by atoms with Crippen molar-refractivity contribution in [1.29, 1.82) is 0 Å². The fourth-order valence-corrected chi connectivity index (χ4v) is 2.87. The third kappa shape index (κ3) is 2.21. The molecular formula is C12H23N5. The van der Waals surface area contributed by atoms with Gasteiger partial charge >= 0.3 is 0 Å². The van der Waals surface area contributed by atoms with Crippen LogP contribution in [0.2, 0.25) is 0 Å². The number of nitrogens with zero attached hydrogens (tertiary/aromatic N) is 4. The Bertz CT molecular complexity index is 356. The van der Waals surface area contributed by atoms with E-state index in [1.165, 1.54) is 6.42 Å². The Kier molecular flexibility index (Phi) is 3.79. The highest BCUT2D eigenvalue weighted by molar-refractivity contribution is 4.98. The van der Waals surface area contributed by atoms with Crippen LogP contribution in [0, 0.1) is 0 Å². The van der Waals surface area contributed by atoms with Gasteiger partial charge in [0.25, 0.3) is 0 Å². The highest BCUT2D eigenvalue weighted by atomic mass is 15.3. The van der Waals surface area contributed by atoms with Gasteiger partial charge in [0, 0.05) is 25.2 Å². The Morgan fingerprint density at radius 3 is 2.88 bits per heavy atom. The second-order valence-corrected chi connectivity index (χ2v) is 4.89. The second-order valence-electron chi connectivity index (χ2n) is 4.89. The molecule has 0 saturated heterocycles. The van der Waals surface area contributed by atoms with Crippen LogP contribution in [-0.2, 0) is 13.1 Å². The first-order valence-electron chi connectivity index (χ1n) is 6.57. The third-order valence-electron chi connectivity index (χ3n) is 4.06. The molecule has 96 valence electrons. The molecule has 0 spiro atoms. The number of aromatic nitrogens is 3. The highest BCUT2D eigenvalue weighted by Gasteiger charge is 2.35. The molecule has 5 heteroatoms. The molecule has 1 unspecified atom stereocenters. The van der Waals surface area contributed by atoms with Crippen molar-refractivity contribution < 1.29 is 0 Å². The van der Waals surface area contributed by atoms with Gasteiger partial charge in [-0.3, -0.25) is 4.90 Å². The Labute approximate surface area is 103 Å². The molecule has 1 aromatic heterocycles. The van der Waals surface area contributed by atoms with Gasteiger partial charge in [0.1, 0.15) is 12.2 Å². The molecule has 2 N–H and O–H groups in total. The van der Waals surface area contributed by atoms with E-state index in [1.54, 1.807) is 0 Å². The fraction of sp³-hybridized carbons (Fsp3) is 0.833. The van der Waals surface area contributed by atoms with Crippen LogP contribution in [-0.4, -0.2) is 38.3 Å². The quantitative estimate of drug-likeness (QED) is 0.830. The van der Waals surface area contributed by atoms with Crippen molar-refractivity contribution in [3.05, 3.63) is 12.2 Å². The van der Waals surface area contributed by atoms with Crippen LogP contribution in [0.25, 0.3) is 0 Å². The SMILES string of the molecule is CCCC(CC)(CN)N1CCn2cnnc2C1. The molecule has 1 aliphatic heterocycles. The molecule has 0 amide bonds. The van der Waals surface area contributed by atoms with Gasteiger partial charge < -0.3 is 10.3 Å². The number of fused-ring (bicyclic) bond motifs is 1. The molecule has 0 bridgehead atoms. The predicted molar refractivity (Wildman–Crippen MR) is 67.4 cm³/mol. The summed E-state index contributed by atoms with van der Waals surface area (Å²) in [5.41, 5.74) is 6.19. The van der Waals surface area contributed by atoms with E-state index >= 15 is 0 Å². The summed E-state index contributed by atoms with van der Waals surface area (Å²) in [6.45, 7) is 8.11. The number of hydrogen-bond acceptors (Lipinski definition) is 4. The van der Waals surface area contributed by atoms with Crippen molar-refractivity contribution in [2.45, 2.75) is 51.7 Å². The van der Waals surface area contributed by atoms with Crippen molar-refractivity contribution in [3.63, 3.8) is 0 Å². The van der Waals surface area contributed by atoms with Crippen molar-refractivity contribution >= 4 is 0 Å². The number of rotatable bonds is 5. The first kappa shape index (κ1) is 12.5. The predicted octanol–water partition coefficient (Wildman–Crippen LogP) is 1.00. The van der Waals surface area contributed by atoms with E-state index in [-0.39, 0.29) is 5.54 Å². The van der Waals surface area contributed by atoms with E-state index in [1.807, 2.05) is 6.33 Å². The topological polar surface area (TPSA) is 60.0 Å². The monoisotopic (exact) mass is 237 g/mol. The summed E-state index contributed by atoms with van der Waals surface area (Å²) in [6.07, 6.45) is 5.26. The van der Waals surface area contributed by atoms with Gasteiger partial charge in [-0.15, -0.1) is 10.2 Å². The zero-order valence-electron chi connectivity index (χ0n) is 10.9. The van der Waals surface area contributed by atoms with E-state index in [9.17, 15) is 0 Å². The lowest BCUT2D eigenvalue weighted by molar-refractivity contribution is 0.0512. The average Bonchev–Trinajstić information content (AvgIpc) is 2.83. The molecule has 1 aromatic rings. The van der Waals surface area contributed by atoms with Crippen LogP contribution in [0.1, 0.15) is 38.9 Å². The fourth-order valence-electron chi connectivity index (χ4n) is 2.87. The van der Waals surface area contributed by atoms with Gasteiger partial charge in [0.15, 0.2) is 0 Å². The summed E-state index contributed by atoms with van der Waals surface area (Å²) >= 11 is 0. The highest BCUT2D eigenvalue weighted by Crippen LogP contribution is 2.28. The summed E-state index contributed by atoms with van der Waals surface area (Å²) in [7, 11) is 0. The third-order valence-corrected chi connectivity index (χ3v) is 4.06. The zero-order chi connectivity index (χ0) is 12.3. The van der Waals surface area contributed by atoms with Gasteiger partial charge in [-0.1, -0.05) is 20.3 Å². The van der Waals surface area contributed by atoms with Crippen molar-refractivity contribution in [3.8, 4) is 0 Å². The summed E-state index contributed by atoms with van der Waals surface area (Å²) in [6, 6.07) is 0. The molecule has 2 heterocycles. The van der Waals surface area contributed by atoms with Crippen molar-refractivity contribution in [1.82, 2.24) is 19.7 Å². The van der Waals surface area contributed by atoms with Crippen molar-refractivity contribution in [2.75, 3.05) is 13.1 Å². The lowest BCUT2D eigenvalue weighted by Gasteiger charge is -2.44. The largest absolute Gasteiger partial charge is 0.329 e. The number of hydrogen-bond donors (Lipinski definition) is 1. The molecule has 0 aromatic carbocycles.